The summed E-state index contributed by atoms with van der Waals surface area (Å²) < 4.78 is 5.27. The summed E-state index contributed by atoms with van der Waals surface area (Å²) in [5.41, 5.74) is 3.79. The van der Waals surface area contributed by atoms with E-state index in [0.717, 1.165) is 12.2 Å². The van der Waals surface area contributed by atoms with Gasteiger partial charge in [0.15, 0.2) is 0 Å². The predicted octanol–water partition coefficient (Wildman–Crippen LogP) is 2.94. The Morgan fingerprint density at radius 2 is 2.07 bits per heavy atom. The lowest BCUT2D eigenvalue weighted by atomic mass is 9.98. The van der Waals surface area contributed by atoms with Crippen molar-refractivity contribution in [2.24, 2.45) is 5.92 Å². The molecule has 1 fully saturated rings. The van der Waals surface area contributed by atoms with E-state index in [0.29, 0.717) is 5.92 Å². The summed E-state index contributed by atoms with van der Waals surface area (Å²) in [6.07, 6.45) is 1.02. The van der Waals surface area contributed by atoms with Crippen LogP contribution in [0.25, 0.3) is 0 Å². The Labute approximate surface area is 90.5 Å². The molecule has 0 amide bonds. The molecule has 0 radical (unpaired) electrons. The second-order valence-corrected chi connectivity index (χ2v) is 4.18. The molecule has 2 atom stereocenters. The van der Waals surface area contributed by atoms with Crippen LogP contribution in [0.4, 0.5) is 0 Å². The molecular weight excluding hydrogens is 186 g/mol. The van der Waals surface area contributed by atoms with E-state index in [1.807, 2.05) is 6.07 Å². The molecule has 2 rings (SSSR count). The van der Waals surface area contributed by atoms with E-state index in [2.05, 4.69) is 26.0 Å². The largest absolute Gasteiger partial charge is 0.496 e. The number of rotatable bonds is 2. The third kappa shape index (κ3) is 1.59. The highest BCUT2D eigenvalue weighted by Crippen LogP contribution is 2.48. The smallest absolute Gasteiger partial charge is 0.122 e. The average Bonchev–Trinajstić information content (AvgIpc) is 3.01. The third-order valence-electron chi connectivity index (χ3n) is 3.36. The summed E-state index contributed by atoms with van der Waals surface area (Å²) in [5.74, 6) is 1.63. The monoisotopic (exact) mass is 201 g/mol. The topological polar surface area (TPSA) is 33.0 Å². The van der Waals surface area contributed by atoms with E-state index >= 15 is 0 Å². The zero-order valence-corrected chi connectivity index (χ0v) is 9.37. The van der Waals surface area contributed by atoms with Gasteiger partial charge in [-0.2, -0.15) is 5.26 Å². The molecule has 2 nitrogen and oxygen atoms in total. The van der Waals surface area contributed by atoms with Gasteiger partial charge < -0.3 is 4.74 Å². The summed E-state index contributed by atoms with van der Waals surface area (Å²) in [6.45, 7) is 4.18. The molecule has 1 saturated carbocycles. The molecule has 0 heterocycles. The van der Waals surface area contributed by atoms with Crippen LogP contribution in [0.15, 0.2) is 12.1 Å². The van der Waals surface area contributed by atoms with Crippen LogP contribution in [0.5, 0.6) is 5.75 Å². The van der Waals surface area contributed by atoms with Crippen molar-refractivity contribution in [3.8, 4) is 11.8 Å². The summed E-state index contributed by atoms with van der Waals surface area (Å²) in [5, 5.41) is 8.82. The van der Waals surface area contributed by atoms with Gasteiger partial charge in [0.2, 0.25) is 0 Å². The Morgan fingerprint density at radius 3 is 2.60 bits per heavy atom. The Bertz CT molecular complexity index is 431. The number of nitrogens with zero attached hydrogens (tertiary/aromatic N) is 1. The molecule has 78 valence electrons. The zero-order valence-electron chi connectivity index (χ0n) is 9.37. The molecule has 2 unspecified atom stereocenters. The minimum absolute atomic E-state index is 0.233. The molecule has 0 saturated heterocycles. The molecule has 0 aliphatic heterocycles. The summed E-state index contributed by atoms with van der Waals surface area (Å²) in [4.78, 5) is 0. The van der Waals surface area contributed by atoms with Crippen LogP contribution in [0, 0.1) is 31.1 Å². The van der Waals surface area contributed by atoms with Gasteiger partial charge in [-0.25, -0.2) is 0 Å². The molecule has 15 heavy (non-hydrogen) atoms. The lowest BCUT2D eigenvalue weighted by molar-refractivity contribution is 0.411. The van der Waals surface area contributed by atoms with Crippen molar-refractivity contribution in [3.05, 3.63) is 28.8 Å². The van der Waals surface area contributed by atoms with Gasteiger partial charge in [0.1, 0.15) is 5.75 Å². The first-order valence-corrected chi connectivity index (χ1v) is 5.22. The SMILES string of the molecule is COc1ccc(C2CC2C#N)c(C)c1C. The van der Waals surface area contributed by atoms with Crippen LogP contribution in [0.2, 0.25) is 0 Å². The minimum Gasteiger partial charge on any atom is -0.496 e. The van der Waals surface area contributed by atoms with Crippen LogP contribution in [-0.4, -0.2) is 7.11 Å². The van der Waals surface area contributed by atoms with E-state index in [1.54, 1.807) is 7.11 Å². The summed E-state index contributed by atoms with van der Waals surface area (Å²) >= 11 is 0. The number of hydrogen-bond acceptors (Lipinski definition) is 2. The Hall–Kier alpha value is -1.49. The highest BCUT2D eigenvalue weighted by molar-refractivity contribution is 5.47. The van der Waals surface area contributed by atoms with Crippen molar-refractivity contribution >= 4 is 0 Å². The zero-order chi connectivity index (χ0) is 11.0. The van der Waals surface area contributed by atoms with Crippen molar-refractivity contribution in [1.82, 2.24) is 0 Å². The molecule has 0 aromatic heterocycles. The van der Waals surface area contributed by atoms with Gasteiger partial charge in [-0.15, -0.1) is 0 Å². The van der Waals surface area contributed by atoms with Gasteiger partial charge in [-0.1, -0.05) is 6.07 Å². The fourth-order valence-corrected chi connectivity index (χ4v) is 2.12. The maximum absolute atomic E-state index is 8.82. The van der Waals surface area contributed by atoms with Crippen molar-refractivity contribution in [1.29, 1.82) is 5.26 Å². The number of benzene rings is 1. The number of methoxy groups -OCH3 is 1. The van der Waals surface area contributed by atoms with Crippen LogP contribution in [0.3, 0.4) is 0 Å². The Morgan fingerprint density at radius 1 is 1.33 bits per heavy atom. The second kappa shape index (κ2) is 3.58. The summed E-state index contributed by atoms with van der Waals surface area (Å²) in [6, 6.07) is 6.44. The fraction of sp³-hybridized carbons (Fsp3) is 0.462. The van der Waals surface area contributed by atoms with Gasteiger partial charge in [0.05, 0.1) is 19.1 Å². The van der Waals surface area contributed by atoms with Gasteiger partial charge in [0, 0.05) is 5.92 Å². The molecule has 0 spiro atoms. The van der Waals surface area contributed by atoms with Crippen LogP contribution in [-0.2, 0) is 0 Å². The van der Waals surface area contributed by atoms with E-state index in [-0.39, 0.29) is 5.92 Å². The molecular formula is C13H15NO. The maximum atomic E-state index is 8.82. The third-order valence-corrected chi connectivity index (χ3v) is 3.36. The van der Waals surface area contributed by atoms with Crippen molar-refractivity contribution in [2.45, 2.75) is 26.2 Å². The average molecular weight is 201 g/mol. The molecule has 1 aromatic rings. The van der Waals surface area contributed by atoms with E-state index in [9.17, 15) is 0 Å². The number of hydrogen-bond donors (Lipinski definition) is 0. The standard InChI is InChI=1S/C13H15NO/c1-8-9(2)13(15-3)5-4-11(8)12-6-10(12)7-14/h4-5,10,12H,6H2,1-3H3. The van der Waals surface area contributed by atoms with Gasteiger partial charge in [-0.05, 0) is 43.0 Å². The van der Waals surface area contributed by atoms with Crippen LogP contribution >= 0.6 is 0 Å². The number of nitriles is 1. The highest BCUT2D eigenvalue weighted by atomic mass is 16.5. The van der Waals surface area contributed by atoms with Gasteiger partial charge >= 0.3 is 0 Å². The van der Waals surface area contributed by atoms with Gasteiger partial charge in [-0.3, -0.25) is 0 Å². The van der Waals surface area contributed by atoms with E-state index in [1.165, 1.54) is 16.7 Å². The van der Waals surface area contributed by atoms with Gasteiger partial charge in [0.25, 0.3) is 0 Å². The highest BCUT2D eigenvalue weighted by Gasteiger charge is 2.39. The number of ether oxygens (including phenoxy) is 1. The second-order valence-electron chi connectivity index (χ2n) is 4.18. The Kier molecular flexibility index (Phi) is 2.40. The Balaban J connectivity index is 2.36. The van der Waals surface area contributed by atoms with E-state index in [4.69, 9.17) is 10.00 Å². The van der Waals surface area contributed by atoms with Crippen LogP contribution < -0.4 is 4.74 Å². The minimum atomic E-state index is 0.233. The van der Waals surface area contributed by atoms with Crippen LogP contribution in [0.1, 0.15) is 29.0 Å². The van der Waals surface area contributed by atoms with Crippen molar-refractivity contribution in [2.75, 3.05) is 7.11 Å². The van der Waals surface area contributed by atoms with Crippen molar-refractivity contribution in [3.63, 3.8) is 0 Å². The predicted molar refractivity (Wildman–Crippen MR) is 58.9 cm³/mol. The first kappa shape index (κ1) is 10.0. The maximum Gasteiger partial charge on any atom is 0.122 e. The molecule has 2 heteroatoms. The quantitative estimate of drug-likeness (QED) is 0.737. The lowest BCUT2D eigenvalue weighted by Gasteiger charge is -2.11. The first-order chi connectivity index (χ1) is 7.19. The van der Waals surface area contributed by atoms with Crippen molar-refractivity contribution < 1.29 is 4.74 Å². The summed E-state index contributed by atoms with van der Waals surface area (Å²) in [7, 11) is 1.69. The fourth-order valence-electron chi connectivity index (χ4n) is 2.12. The molecule has 0 N–H and O–H groups in total. The molecule has 1 aliphatic rings. The lowest BCUT2D eigenvalue weighted by Crippen LogP contribution is -1.95. The molecule has 1 aromatic carbocycles. The van der Waals surface area contributed by atoms with E-state index < -0.39 is 0 Å². The molecule has 0 bridgehead atoms. The normalized spacial score (nSPS) is 23.3. The molecule has 1 aliphatic carbocycles. The first-order valence-electron chi connectivity index (χ1n) is 5.22.